The number of fused-ring (bicyclic) bond motifs is 1. The van der Waals surface area contributed by atoms with Gasteiger partial charge in [0.1, 0.15) is 13.2 Å². The molecule has 1 aliphatic heterocycles. The van der Waals surface area contributed by atoms with Gasteiger partial charge >= 0.3 is 11.5 Å². The van der Waals surface area contributed by atoms with Crippen molar-refractivity contribution in [1.29, 1.82) is 0 Å². The predicted octanol–water partition coefficient (Wildman–Crippen LogP) is 1.20. The fourth-order valence-electron chi connectivity index (χ4n) is 3.64. The molecule has 3 aromatic rings. The van der Waals surface area contributed by atoms with Crippen LogP contribution < -0.4 is 10.3 Å². The SMILES string of the molecule is C.COC(=O)c1nc2n(CC(=O)N3CCN(OC)CC3)ccn2c(=O)c1OCc1ccccc1. The van der Waals surface area contributed by atoms with Gasteiger partial charge in [0.05, 0.1) is 14.2 Å². The quantitative estimate of drug-likeness (QED) is 0.473. The number of carbonyl (C=O) groups excluding carboxylic acids is 2. The van der Waals surface area contributed by atoms with Crippen LogP contribution >= 0.6 is 0 Å². The van der Waals surface area contributed by atoms with Crippen molar-refractivity contribution in [2.75, 3.05) is 40.4 Å². The number of rotatable bonds is 7. The molecule has 0 N–H and O–H groups in total. The Kier molecular flexibility index (Phi) is 8.03. The van der Waals surface area contributed by atoms with Gasteiger partial charge in [0.2, 0.25) is 17.4 Å². The number of esters is 1. The van der Waals surface area contributed by atoms with Crippen LogP contribution in [0.3, 0.4) is 0 Å². The molecule has 0 spiro atoms. The van der Waals surface area contributed by atoms with Crippen molar-refractivity contribution in [3.8, 4) is 5.75 Å². The molecule has 11 heteroatoms. The molecule has 11 nitrogen and oxygen atoms in total. The number of hydroxylamine groups is 2. The van der Waals surface area contributed by atoms with E-state index in [0.29, 0.717) is 26.2 Å². The highest BCUT2D eigenvalue weighted by molar-refractivity contribution is 5.90. The maximum atomic E-state index is 13.1. The minimum absolute atomic E-state index is 0. The Balaban J connectivity index is 0.00000324. The van der Waals surface area contributed by atoms with Crippen molar-refractivity contribution in [2.24, 2.45) is 0 Å². The number of hydrogen-bond acceptors (Lipinski definition) is 8. The summed E-state index contributed by atoms with van der Waals surface area (Å²) < 4.78 is 13.3. The fourth-order valence-corrected chi connectivity index (χ4v) is 3.64. The van der Waals surface area contributed by atoms with E-state index in [2.05, 4.69) is 4.98 Å². The van der Waals surface area contributed by atoms with Crippen molar-refractivity contribution >= 4 is 17.7 Å². The molecule has 3 heterocycles. The van der Waals surface area contributed by atoms with Crippen LogP contribution in [0.25, 0.3) is 5.78 Å². The van der Waals surface area contributed by atoms with Crippen molar-refractivity contribution in [1.82, 2.24) is 23.9 Å². The Morgan fingerprint density at radius 2 is 1.74 bits per heavy atom. The number of imidazole rings is 1. The van der Waals surface area contributed by atoms with Gasteiger partial charge in [-0.1, -0.05) is 37.8 Å². The zero-order valence-corrected chi connectivity index (χ0v) is 18.5. The number of piperazine rings is 1. The van der Waals surface area contributed by atoms with E-state index in [4.69, 9.17) is 14.3 Å². The Hall–Kier alpha value is -3.70. The normalized spacial score (nSPS) is 14.0. The summed E-state index contributed by atoms with van der Waals surface area (Å²) in [5.41, 5.74) is 0.0327. The Morgan fingerprint density at radius 3 is 2.38 bits per heavy atom. The van der Waals surface area contributed by atoms with E-state index >= 15 is 0 Å². The van der Waals surface area contributed by atoms with Crippen LogP contribution in [-0.2, 0) is 27.5 Å². The molecule has 1 amide bonds. The third-order valence-corrected chi connectivity index (χ3v) is 5.47. The molecule has 0 atom stereocenters. The van der Waals surface area contributed by atoms with E-state index in [1.165, 1.54) is 22.3 Å². The van der Waals surface area contributed by atoms with Crippen molar-refractivity contribution in [2.45, 2.75) is 20.6 Å². The molecule has 0 unspecified atom stereocenters. The Morgan fingerprint density at radius 1 is 1.03 bits per heavy atom. The van der Waals surface area contributed by atoms with Gasteiger partial charge in [-0.2, -0.15) is 5.06 Å². The summed E-state index contributed by atoms with van der Waals surface area (Å²) in [4.78, 5) is 49.6. The smallest absolute Gasteiger partial charge is 0.360 e. The molecule has 0 bridgehead atoms. The number of nitrogens with zero attached hydrogens (tertiary/aromatic N) is 5. The third-order valence-electron chi connectivity index (χ3n) is 5.47. The van der Waals surface area contributed by atoms with Crippen LogP contribution in [0.5, 0.6) is 5.75 Å². The van der Waals surface area contributed by atoms with Crippen molar-refractivity contribution in [3.63, 3.8) is 0 Å². The maximum absolute atomic E-state index is 13.1. The van der Waals surface area contributed by atoms with E-state index in [-0.39, 0.29) is 43.7 Å². The number of aromatic nitrogens is 3. The second-order valence-corrected chi connectivity index (χ2v) is 7.45. The average Bonchev–Trinajstić information content (AvgIpc) is 3.26. The first-order valence-corrected chi connectivity index (χ1v) is 10.4. The number of methoxy groups -OCH3 is 1. The molecule has 1 aromatic carbocycles. The van der Waals surface area contributed by atoms with Gasteiger partial charge in [-0.05, 0) is 5.56 Å². The summed E-state index contributed by atoms with van der Waals surface area (Å²) in [6.07, 6.45) is 3.08. The van der Waals surface area contributed by atoms with Gasteiger partial charge in [0, 0.05) is 38.6 Å². The van der Waals surface area contributed by atoms with Gasteiger partial charge in [-0.25, -0.2) is 14.2 Å². The largest absolute Gasteiger partial charge is 0.481 e. The van der Waals surface area contributed by atoms with E-state index in [9.17, 15) is 14.4 Å². The van der Waals surface area contributed by atoms with Gasteiger partial charge < -0.3 is 23.8 Å². The van der Waals surface area contributed by atoms with Crippen molar-refractivity contribution in [3.05, 3.63) is 64.3 Å². The molecular formula is C23H29N5O6. The summed E-state index contributed by atoms with van der Waals surface area (Å²) in [5.74, 6) is -0.978. The minimum atomic E-state index is -0.799. The van der Waals surface area contributed by atoms with Crippen LogP contribution in [0.2, 0.25) is 0 Å². The Bertz CT molecular complexity index is 1200. The lowest BCUT2D eigenvalue weighted by Crippen LogP contribution is -2.49. The predicted molar refractivity (Wildman–Crippen MR) is 123 cm³/mol. The maximum Gasteiger partial charge on any atom is 0.360 e. The molecule has 182 valence electrons. The Labute approximate surface area is 197 Å². The number of hydrogen-bond donors (Lipinski definition) is 0. The molecule has 4 rings (SSSR count). The lowest BCUT2D eigenvalue weighted by molar-refractivity contribution is -0.161. The van der Waals surface area contributed by atoms with E-state index < -0.39 is 11.5 Å². The van der Waals surface area contributed by atoms with Gasteiger partial charge in [-0.15, -0.1) is 0 Å². The molecule has 0 radical (unpaired) electrons. The van der Waals surface area contributed by atoms with Crippen LogP contribution in [0.4, 0.5) is 0 Å². The van der Waals surface area contributed by atoms with Crippen LogP contribution in [0, 0.1) is 0 Å². The number of ether oxygens (including phenoxy) is 2. The van der Waals surface area contributed by atoms with Crippen LogP contribution in [0.1, 0.15) is 23.5 Å². The minimum Gasteiger partial charge on any atom is -0.481 e. The first-order valence-electron chi connectivity index (χ1n) is 10.4. The number of benzene rings is 1. The first-order chi connectivity index (χ1) is 16.0. The summed E-state index contributed by atoms with van der Waals surface area (Å²) in [6, 6.07) is 9.25. The second kappa shape index (κ2) is 10.9. The summed E-state index contributed by atoms with van der Waals surface area (Å²) in [5, 5.41) is 1.79. The van der Waals surface area contributed by atoms with E-state index in [0.717, 1.165) is 5.56 Å². The number of amides is 1. The average molecular weight is 472 g/mol. The molecule has 1 saturated heterocycles. The molecule has 2 aromatic heterocycles. The van der Waals surface area contributed by atoms with Crippen LogP contribution in [0.15, 0.2) is 47.5 Å². The highest BCUT2D eigenvalue weighted by Crippen LogP contribution is 2.17. The zero-order valence-electron chi connectivity index (χ0n) is 18.5. The lowest BCUT2D eigenvalue weighted by atomic mass is 10.2. The molecule has 0 saturated carbocycles. The molecule has 0 aliphatic carbocycles. The van der Waals surface area contributed by atoms with Crippen molar-refractivity contribution < 1.29 is 23.9 Å². The highest BCUT2D eigenvalue weighted by Gasteiger charge is 2.25. The van der Waals surface area contributed by atoms with Crippen LogP contribution in [-0.4, -0.2) is 76.2 Å². The first kappa shape index (κ1) is 24.9. The topological polar surface area (TPSA) is 108 Å². The molecule has 1 aliphatic rings. The molecule has 34 heavy (non-hydrogen) atoms. The lowest BCUT2D eigenvalue weighted by Gasteiger charge is -2.33. The third kappa shape index (κ3) is 5.10. The standard InChI is InChI=1S/C22H25N5O6.CH4/c1-31-21(30)18-19(33-15-16-6-4-3-5-7-16)20(29)27-13-10-25(22(27)23-18)14-17(28)24-8-11-26(32-2)12-9-24;/h3-7,10,13H,8-9,11-12,14-15H2,1-2H3;1H4. The van der Waals surface area contributed by atoms with E-state index in [1.807, 2.05) is 30.3 Å². The molecular weight excluding hydrogens is 442 g/mol. The summed E-state index contributed by atoms with van der Waals surface area (Å²) >= 11 is 0. The van der Waals surface area contributed by atoms with Gasteiger partial charge in [0.15, 0.2) is 5.69 Å². The molecule has 1 fully saturated rings. The highest BCUT2D eigenvalue weighted by atomic mass is 16.7. The van der Waals surface area contributed by atoms with Gasteiger partial charge in [0.25, 0.3) is 0 Å². The fraction of sp³-hybridized carbons (Fsp3) is 0.391. The monoisotopic (exact) mass is 471 g/mol. The van der Waals surface area contributed by atoms with E-state index in [1.54, 1.807) is 23.3 Å². The summed E-state index contributed by atoms with van der Waals surface area (Å²) in [7, 11) is 2.80. The van der Waals surface area contributed by atoms with Gasteiger partial charge in [-0.3, -0.25) is 9.59 Å². The zero-order chi connectivity index (χ0) is 23.4. The number of carbonyl (C=O) groups is 2. The second-order valence-electron chi connectivity index (χ2n) is 7.45. The summed E-state index contributed by atoms with van der Waals surface area (Å²) in [6.45, 7) is 2.34.